The molecule has 0 aliphatic rings. The minimum Gasteiger partial charge on any atom is -0.431 e. The van der Waals surface area contributed by atoms with Gasteiger partial charge in [-0.15, -0.1) is 0 Å². The first-order chi connectivity index (χ1) is 5.97. The number of esters is 1. The fraction of sp³-hybridized carbons (Fsp3) is 0.429. The first kappa shape index (κ1) is 11.6. The molecule has 0 aliphatic carbocycles. The second kappa shape index (κ2) is 5.28. The Bertz CT molecular complexity index is 217. The van der Waals surface area contributed by atoms with Crippen molar-refractivity contribution in [3.8, 4) is 0 Å². The minimum atomic E-state index is -1.41. The molecule has 1 unspecified atom stereocenters. The molecule has 5 N–H and O–H groups in total. The van der Waals surface area contributed by atoms with E-state index in [1.54, 1.807) is 0 Å². The smallest absolute Gasteiger partial charge is 0.325 e. The Morgan fingerprint density at radius 2 is 2.15 bits per heavy atom. The van der Waals surface area contributed by atoms with Crippen LogP contribution in [0.4, 0.5) is 0 Å². The van der Waals surface area contributed by atoms with Gasteiger partial charge in [-0.3, -0.25) is 9.59 Å². The van der Waals surface area contributed by atoms with Crippen molar-refractivity contribution in [3.05, 3.63) is 12.7 Å². The number of amides is 1. The lowest BCUT2D eigenvalue weighted by molar-refractivity contribution is -0.163. The standard InChI is InChI=1S/C7H12N2O4/c1-2-6(11)13-7(12)4(8)3-5(9)10/h2,4,6,11H,1,3,8H2,(H2,9,10)/t4-,6?/m0/s1. The van der Waals surface area contributed by atoms with Gasteiger partial charge in [0.25, 0.3) is 0 Å². The van der Waals surface area contributed by atoms with Crippen molar-refractivity contribution in [3.63, 3.8) is 0 Å². The summed E-state index contributed by atoms with van der Waals surface area (Å²) in [4.78, 5) is 21.2. The number of nitrogens with two attached hydrogens (primary N) is 2. The van der Waals surface area contributed by atoms with Gasteiger partial charge in [-0.2, -0.15) is 0 Å². The average molecular weight is 188 g/mol. The van der Waals surface area contributed by atoms with E-state index in [0.29, 0.717) is 0 Å². The second-order valence-electron chi connectivity index (χ2n) is 2.34. The maximum atomic E-state index is 10.9. The number of ether oxygens (including phenoxy) is 1. The highest BCUT2D eigenvalue weighted by atomic mass is 16.6. The Morgan fingerprint density at radius 3 is 2.54 bits per heavy atom. The highest BCUT2D eigenvalue weighted by Crippen LogP contribution is 1.95. The molecule has 0 rings (SSSR count). The highest BCUT2D eigenvalue weighted by Gasteiger charge is 2.19. The van der Waals surface area contributed by atoms with Gasteiger partial charge in [0.2, 0.25) is 12.2 Å². The van der Waals surface area contributed by atoms with Gasteiger partial charge in [0, 0.05) is 0 Å². The van der Waals surface area contributed by atoms with Gasteiger partial charge in [0.15, 0.2) is 0 Å². The van der Waals surface area contributed by atoms with E-state index in [0.717, 1.165) is 6.08 Å². The van der Waals surface area contributed by atoms with Crippen LogP contribution in [0, 0.1) is 0 Å². The fourth-order valence-electron chi connectivity index (χ4n) is 0.555. The molecule has 0 spiro atoms. The van der Waals surface area contributed by atoms with E-state index in [2.05, 4.69) is 11.3 Å². The molecule has 6 nitrogen and oxygen atoms in total. The van der Waals surface area contributed by atoms with Crippen LogP contribution in [0.2, 0.25) is 0 Å². The van der Waals surface area contributed by atoms with Crippen molar-refractivity contribution < 1.29 is 19.4 Å². The second-order valence-corrected chi connectivity index (χ2v) is 2.34. The van der Waals surface area contributed by atoms with Crippen LogP contribution in [0.25, 0.3) is 0 Å². The normalized spacial score (nSPS) is 14.3. The summed E-state index contributed by atoms with van der Waals surface area (Å²) >= 11 is 0. The number of hydrogen-bond acceptors (Lipinski definition) is 5. The molecule has 0 aromatic heterocycles. The summed E-state index contributed by atoms with van der Waals surface area (Å²) in [6.45, 7) is 3.17. The van der Waals surface area contributed by atoms with Crippen LogP contribution >= 0.6 is 0 Å². The number of aliphatic hydroxyl groups excluding tert-OH is 1. The SMILES string of the molecule is C=CC(O)OC(=O)[C@@H](N)CC(N)=O. The lowest BCUT2D eigenvalue weighted by atomic mass is 10.2. The van der Waals surface area contributed by atoms with E-state index in [1.807, 2.05) is 0 Å². The number of hydrogen-bond donors (Lipinski definition) is 3. The summed E-state index contributed by atoms with van der Waals surface area (Å²) in [5.41, 5.74) is 9.99. The molecule has 0 radical (unpaired) electrons. The van der Waals surface area contributed by atoms with Crippen molar-refractivity contribution in [2.24, 2.45) is 11.5 Å². The Morgan fingerprint density at radius 1 is 1.62 bits per heavy atom. The van der Waals surface area contributed by atoms with Crippen LogP contribution in [0.5, 0.6) is 0 Å². The topological polar surface area (TPSA) is 116 Å². The van der Waals surface area contributed by atoms with E-state index < -0.39 is 24.2 Å². The van der Waals surface area contributed by atoms with Gasteiger partial charge in [-0.1, -0.05) is 6.58 Å². The van der Waals surface area contributed by atoms with E-state index in [1.165, 1.54) is 0 Å². The van der Waals surface area contributed by atoms with Crippen LogP contribution in [-0.4, -0.2) is 29.3 Å². The molecule has 6 heteroatoms. The first-order valence-corrected chi connectivity index (χ1v) is 3.52. The van der Waals surface area contributed by atoms with Gasteiger partial charge < -0.3 is 21.3 Å². The summed E-state index contributed by atoms with van der Waals surface area (Å²) in [6, 6.07) is -1.15. The zero-order valence-electron chi connectivity index (χ0n) is 6.97. The molecule has 74 valence electrons. The van der Waals surface area contributed by atoms with Gasteiger partial charge in [0.1, 0.15) is 6.04 Å². The van der Waals surface area contributed by atoms with Crippen LogP contribution < -0.4 is 11.5 Å². The van der Waals surface area contributed by atoms with Gasteiger partial charge >= 0.3 is 5.97 Å². The number of carbonyl (C=O) groups is 2. The molecular weight excluding hydrogens is 176 g/mol. The zero-order chi connectivity index (χ0) is 10.4. The highest BCUT2D eigenvalue weighted by molar-refractivity contribution is 5.84. The van der Waals surface area contributed by atoms with Crippen molar-refractivity contribution >= 4 is 11.9 Å². The van der Waals surface area contributed by atoms with Gasteiger partial charge in [-0.25, -0.2) is 0 Å². The predicted octanol–water partition coefficient (Wildman–Crippen LogP) is -1.76. The quantitative estimate of drug-likeness (QED) is 0.268. The van der Waals surface area contributed by atoms with E-state index in [9.17, 15) is 9.59 Å². The molecule has 0 aromatic rings. The molecule has 0 aromatic carbocycles. The molecule has 13 heavy (non-hydrogen) atoms. The molecule has 0 aliphatic heterocycles. The first-order valence-electron chi connectivity index (χ1n) is 3.52. The third-order valence-corrected chi connectivity index (χ3v) is 1.16. The third kappa shape index (κ3) is 4.94. The van der Waals surface area contributed by atoms with Crippen LogP contribution in [-0.2, 0) is 14.3 Å². The molecule has 0 saturated carbocycles. The molecule has 1 amide bonds. The van der Waals surface area contributed by atoms with Crippen LogP contribution in [0.1, 0.15) is 6.42 Å². The van der Waals surface area contributed by atoms with Crippen molar-refractivity contribution in [1.29, 1.82) is 0 Å². The van der Waals surface area contributed by atoms with E-state index >= 15 is 0 Å². The summed E-state index contributed by atoms with van der Waals surface area (Å²) in [6.07, 6.45) is -0.719. The molecule has 0 saturated heterocycles. The molecule has 0 bridgehead atoms. The molecule has 2 atom stereocenters. The largest absolute Gasteiger partial charge is 0.431 e. The fourth-order valence-corrected chi connectivity index (χ4v) is 0.555. The number of aliphatic hydroxyl groups is 1. The summed E-state index contributed by atoms with van der Waals surface area (Å²) in [5, 5.41) is 8.78. The van der Waals surface area contributed by atoms with Crippen molar-refractivity contribution in [2.45, 2.75) is 18.8 Å². The number of carbonyl (C=O) groups excluding carboxylic acids is 2. The lowest BCUT2D eigenvalue weighted by Crippen LogP contribution is -2.37. The minimum absolute atomic E-state index is 0.317. The van der Waals surface area contributed by atoms with Crippen molar-refractivity contribution in [1.82, 2.24) is 0 Å². The number of primary amides is 1. The Hall–Kier alpha value is -1.40. The molecule has 0 heterocycles. The van der Waals surface area contributed by atoms with Crippen LogP contribution in [0.3, 0.4) is 0 Å². The average Bonchev–Trinajstić information content (AvgIpc) is 2.02. The van der Waals surface area contributed by atoms with E-state index in [-0.39, 0.29) is 6.42 Å². The van der Waals surface area contributed by atoms with Crippen LogP contribution in [0.15, 0.2) is 12.7 Å². The molecule has 0 fully saturated rings. The van der Waals surface area contributed by atoms with Gasteiger partial charge in [-0.05, 0) is 6.08 Å². The summed E-state index contributed by atoms with van der Waals surface area (Å²) < 4.78 is 4.33. The summed E-state index contributed by atoms with van der Waals surface area (Å²) in [7, 11) is 0. The monoisotopic (exact) mass is 188 g/mol. The Kier molecular flexibility index (Phi) is 4.71. The predicted molar refractivity (Wildman–Crippen MR) is 44.1 cm³/mol. The lowest BCUT2D eigenvalue weighted by Gasteiger charge is -2.11. The Labute approximate surface area is 75.1 Å². The third-order valence-electron chi connectivity index (χ3n) is 1.16. The summed E-state index contributed by atoms with van der Waals surface area (Å²) in [5.74, 6) is -1.61. The van der Waals surface area contributed by atoms with Gasteiger partial charge in [0.05, 0.1) is 6.42 Å². The zero-order valence-corrected chi connectivity index (χ0v) is 6.97. The maximum Gasteiger partial charge on any atom is 0.325 e. The van der Waals surface area contributed by atoms with Crippen molar-refractivity contribution in [2.75, 3.05) is 0 Å². The molecular formula is C7H12N2O4. The Balaban J connectivity index is 3.95. The van der Waals surface area contributed by atoms with E-state index in [4.69, 9.17) is 16.6 Å². The number of rotatable bonds is 5. The maximum absolute atomic E-state index is 10.9.